The fourth-order valence-corrected chi connectivity index (χ4v) is 9.92. The lowest BCUT2D eigenvalue weighted by Crippen LogP contribution is -2.62. The molecule has 5 nitrogen and oxygen atoms in total. The van der Waals surface area contributed by atoms with E-state index in [0.29, 0.717) is 47.7 Å². The summed E-state index contributed by atoms with van der Waals surface area (Å²) in [5, 5.41) is 0. The molecule has 4 rings (SSSR count). The van der Waals surface area contributed by atoms with Crippen molar-refractivity contribution in [3.8, 4) is 0 Å². The van der Waals surface area contributed by atoms with Gasteiger partial charge in [-0.3, -0.25) is 14.4 Å². The van der Waals surface area contributed by atoms with Gasteiger partial charge in [-0.15, -0.1) is 0 Å². The first-order chi connectivity index (χ1) is 16.5. The summed E-state index contributed by atoms with van der Waals surface area (Å²) in [7, 11) is 1.47. The van der Waals surface area contributed by atoms with E-state index in [9.17, 15) is 14.4 Å². The summed E-state index contributed by atoms with van der Waals surface area (Å²) < 4.78 is 10.6. The normalized spacial score (nSPS) is 45.6. The molecule has 4 aliphatic carbocycles. The van der Waals surface area contributed by atoms with Gasteiger partial charge in [0, 0.05) is 25.2 Å². The van der Waals surface area contributed by atoms with Crippen LogP contribution < -0.4 is 0 Å². The van der Waals surface area contributed by atoms with Crippen molar-refractivity contribution >= 4 is 17.7 Å². The summed E-state index contributed by atoms with van der Waals surface area (Å²) in [4.78, 5) is 37.8. The second kappa shape index (κ2) is 9.82. The molecular weight excluding hydrogens is 440 g/mol. The number of methoxy groups -OCH3 is 1. The summed E-state index contributed by atoms with van der Waals surface area (Å²) in [5.74, 6) is 3.15. The van der Waals surface area contributed by atoms with Gasteiger partial charge in [-0.05, 0) is 97.7 Å². The van der Waals surface area contributed by atoms with Gasteiger partial charge in [0.2, 0.25) is 0 Å². The Bertz CT molecular complexity index is 837. The SMILES string of the molecule is CC[C@H]1C(=O)C2C3CC[C@H]([C@H](C)CCC(=O)OC)[C@@]3(C)[C@@H](C)CC2[C@@]2(C)CC[C@@H](OC(C)=O)C[C@@H]12. The van der Waals surface area contributed by atoms with Crippen molar-refractivity contribution in [1.82, 2.24) is 0 Å². The highest BCUT2D eigenvalue weighted by Crippen LogP contribution is 2.70. The minimum absolute atomic E-state index is 0.0400. The highest BCUT2D eigenvalue weighted by Gasteiger charge is 2.66. The molecule has 0 saturated heterocycles. The maximum Gasteiger partial charge on any atom is 0.305 e. The zero-order valence-electron chi connectivity index (χ0n) is 23.1. The quantitative estimate of drug-likeness (QED) is 0.415. The summed E-state index contributed by atoms with van der Waals surface area (Å²) in [6, 6.07) is 0. The van der Waals surface area contributed by atoms with E-state index in [1.807, 2.05) is 0 Å². The fourth-order valence-electron chi connectivity index (χ4n) is 9.92. The van der Waals surface area contributed by atoms with E-state index in [-0.39, 0.29) is 40.7 Å². The van der Waals surface area contributed by atoms with Crippen molar-refractivity contribution in [1.29, 1.82) is 0 Å². The molecule has 5 heteroatoms. The van der Waals surface area contributed by atoms with E-state index in [1.165, 1.54) is 14.0 Å². The third-order valence-electron chi connectivity index (χ3n) is 11.8. The minimum atomic E-state index is -0.202. The first kappa shape index (κ1) is 26.7. The molecule has 4 aliphatic rings. The minimum Gasteiger partial charge on any atom is -0.469 e. The number of fused-ring (bicyclic) bond motifs is 5. The monoisotopic (exact) mass is 488 g/mol. The molecular formula is C30H48O5. The van der Waals surface area contributed by atoms with Crippen molar-refractivity contribution in [2.75, 3.05) is 7.11 Å². The molecule has 4 saturated carbocycles. The average molecular weight is 489 g/mol. The van der Waals surface area contributed by atoms with Crippen molar-refractivity contribution in [3.05, 3.63) is 0 Å². The molecule has 0 aromatic heterocycles. The number of ketones is 1. The number of hydrogen-bond acceptors (Lipinski definition) is 5. The summed E-state index contributed by atoms with van der Waals surface area (Å²) in [6.45, 7) is 13.4. The Morgan fingerprint density at radius 2 is 1.80 bits per heavy atom. The third kappa shape index (κ3) is 4.27. The van der Waals surface area contributed by atoms with E-state index < -0.39 is 0 Å². The molecule has 0 heterocycles. The Kier molecular flexibility index (Phi) is 7.48. The number of ether oxygens (including phenoxy) is 2. The van der Waals surface area contributed by atoms with Crippen LogP contribution >= 0.6 is 0 Å². The number of hydrogen-bond donors (Lipinski definition) is 0. The molecule has 11 atom stereocenters. The summed E-state index contributed by atoms with van der Waals surface area (Å²) in [6.07, 6.45) is 8.41. The van der Waals surface area contributed by atoms with Crippen LogP contribution in [0.4, 0.5) is 0 Å². The molecule has 0 spiro atoms. The van der Waals surface area contributed by atoms with E-state index >= 15 is 0 Å². The van der Waals surface area contributed by atoms with Crippen molar-refractivity contribution < 1.29 is 23.9 Å². The number of carbonyl (C=O) groups is 3. The largest absolute Gasteiger partial charge is 0.469 e. The second-order valence-corrected chi connectivity index (χ2v) is 13.1. The molecule has 4 fully saturated rings. The van der Waals surface area contributed by atoms with Crippen LogP contribution in [0.25, 0.3) is 0 Å². The lowest BCUT2D eigenvalue weighted by atomic mass is 9.40. The maximum atomic E-state index is 14.3. The molecule has 0 radical (unpaired) electrons. The third-order valence-corrected chi connectivity index (χ3v) is 11.8. The highest BCUT2D eigenvalue weighted by molar-refractivity contribution is 5.86. The number of carbonyl (C=O) groups excluding carboxylic acids is 3. The highest BCUT2D eigenvalue weighted by atomic mass is 16.5. The van der Waals surface area contributed by atoms with Crippen LogP contribution in [-0.2, 0) is 23.9 Å². The molecule has 35 heavy (non-hydrogen) atoms. The van der Waals surface area contributed by atoms with Gasteiger partial charge in [0.15, 0.2) is 0 Å². The Labute approximate surface area is 212 Å². The van der Waals surface area contributed by atoms with Gasteiger partial charge in [0.25, 0.3) is 0 Å². The Hall–Kier alpha value is -1.39. The van der Waals surface area contributed by atoms with E-state index in [0.717, 1.165) is 51.4 Å². The van der Waals surface area contributed by atoms with Crippen LogP contribution in [0.3, 0.4) is 0 Å². The second-order valence-electron chi connectivity index (χ2n) is 13.1. The number of rotatable bonds is 6. The van der Waals surface area contributed by atoms with Crippen molar-refractivity contribution in [3.63, 3.8) is 0 Å². The Balaban J connectivity index is 1.62. The van der Waals surface area contributed by atoms with E-state index in [4.69, 9.17) is 9.47 Å². The molecule has 198 valence electrons. The molecule has 0 aliphatic heterocycles. The lowest BCUT2D eigenvalue weighted by molar-refractivity contribution is -0.185. The molecule has 0 aromatic carbocycles. The summed E-state index contributed by atoms with van der Waals surface area (Å²) >= 11 is 0. The van der Waals surface area contributed by atoms with Gasteiger partial charge in [0.05, 0.1) is 7.11 Å². The summed E-state index contributed by atoms with van der Waals surface area (Å²) in [5.41, 5.74) is 0.281. The topological polar surface area (TPSA) is 69.7 Å². The van der Waals surface area contributed by atoms with Gasteiger partial charge in [-0.1, -0.05) is 34.6 Å². The Morgan fingerprint density at radius 3 is 2.43 bits per heavy atom. The Morgan fingerprint density at radius 1 is 1.09 bits per heavy atom. The molecule has 0 bridgehead atoms. The van der Waals surface area contributed by atoms with Crippen molar-refractivity contribution in [2.24, 2.45) is 58.2 Å². The van der Waals surface area contributed by atoms with E-state index in [1.54, 1.807) is 0 Å². The zero-order chi connectivity index (χ0) is 25.7. The van der Waals surface area contributed by atoms with Crippen LogP contribution in [0.1, 0.15) is 99.3 Å². The van der Waals surface area contributed by atoms with Gasteiger partial charge in [-0.2, -0.15) is 0 Å². The molecule has 3 unspecified atom stereocenters. The van der Waals surface area contributed by atoms with Gasteiger partial charge >= 0.3 is 11.9 Å². The lowest BCUT2D eigenvalue weighted by Gasteiger charge is -2.64. The van der Waals surface area contributed by atoms with Crippen LogP contribution in [0.15, 0.2) is 0 Å². The van der Waals surface area contributed by atoms with E-state index in [2.05, 4.69) is 34.6 Å². The predicted molar refractivity (Wildman–Crippen MR) is 135 cm³/mol. The number of Topliss-reactive ketones (excluding diaryl/α,β-unsaturated/α-hetero) is 1. The van der Waals surface area contributed by atoms with Crippen LogP contribution in [0.2, 0.25) is 0 Å². The van der Waals surface area contributed by atoms with Crippen LogP contribution in [0.5, 0.6) is 0 Å². The van der Waals surface area contributed by atoms with Gasteiger partial charge < -0.3 is 9.47 Å². The smallest absolute Gasteiger partial charge is 0.305 e. The molecule has 0 N–H and O–H groups in total. The van der Waals surface area contributed by atoms with Crippen molar-refractivity contribution in [2.45, 2.75) is 105 Å². The predicted octanol–water partition coefficient (Wildman–Crippen LogP) is 6.23. The fraction of sp³-hybridized carbons (Fsp3) is 0.900. The first-order valence-corrected chi connectivity index (χ1v) is 14.3. The first-order valence-electron chi connectivity index (χ1n) is 14.3. The molecule has 0 amide bonds. The maximum absolute atomic E-state index is 14.3. The average Bonchev–Trinajstić information content (AvgIpc) is 3.17. The van der Waals surface area contributed by atoms with Gasteiger partial charge in [0.1, 0.15) is 11.9 Å². The number of esters is 2. The molecule has 0 aromatic rings. The van der Waals surface area contributed by atoms with Gasteiger partial charge in [-0.25, -0.2) is 0 Å². The van der Waals surface area contributed by atoms with Crippen LogP contribution in [-0.4, -0.2) is 30.9 Å². The standard InChI is InChI=1S/C30H48O5/c1-8-21-24-16-20(35-19(4)31)13-14-29(24,5)25-15-18(3)30(6)22(17(2)9-12-26(32)34-7)10-11-23(30)27(25)28(21)33/h17-18,20-25,27H,8-16H2,1-7H3/t17-,18+,20-,21-,22-,23?,24+,25?,27?,29+,30-/m1/s1. The zero-order valence-corrected chi connectivity index (χ0v) is 23.1. The van der Waals surface area contributed by atoms with Crippen LogP contribution in [0, 0.1) is 58.2 Å².